The van der Waals surface area contributed by atoms with Crippen molar-refractivity contribution in [2.24, 2.45) is 5.11 Å². The van der Waals surface area contributed by atoms with Crippen LogP contribution in [-0.4, -0.2) is 18.6 Å². The van der Waals surface area contributed by atoms with Gasteiger partial charge in [-0.15, -0.1) is 0 Å². The van der Waals surface area contributed by atoms with E-state index in [4.69, 9.17) is 10.3 Å². The Morgan fingerprint density at radius 1 is 1.58 bits per heavy atom. The van der Waals surface area contributed by atoms with Crippen LogP contribution < -0.4 is 10.1 Å². The van der Waals surface area contributed by atoms with Gasteiger partial charge < -0.3 is 10.1 Å². The van der Waals surface area contributed by atoms with Crippen LogP contribution in [-0.2, 0) is 17.6 Å². The van der Waals surface area contributed by atoms with Crippen LogP contribution in [0, 0.1) is 6.92 Å². The molecule has 0 fully saturated rings. The number of carbonyl (C=O) groups is 1. The number of rotatable bonds is 2. The first-order valence-electron chi connectivity index (χ1n) is 6.31. The summed E-state index contributed by atoms with van der Waals surface area (Å²) < 4.78 is 5.88. The van der Waals surface area contributed by atoms with Gasteiger partial charge in [-0.25, -0.2) is 0 Å². The van der Waals surface area contributed by atoms with E-state index >= 15 is 0 Å². The van der Waals surface area contributed by atoms with Crippen LogP contribution in [0.15, 0.2) is 11.2 Å². The lowest BCUT2D eigenvalue weighted by molar-refractivity contribution is -0.116. The highest BCUT2D eigenvalue weighted by Crippen LogP contribution is 2.41. The number of hydrogen-bond acceptors (Lipinski definition) is 3. The molecule has 1 aromatic carbocycles. The van der Waals surface area contributed by atoms with Gasteiger partial charge in [-0.1, -0.05) is 11.2 Å². The maximum atomic E-state index is 11.5. The molecule has 2 aliphatic heterocycles. The van der Waals surface area contributed by atoms with Gasteiger partial charge in [0.2, 0.25) is 5.91 Å². The van der Waals surface area contributed by atoms with Crippen molar-refractivity contribution >= 4 is 11.6 Å². The van der Waals surface area contributed by atoms with E-state index in [2.05, 4.69) is 21.4 Å². The van der Waals surface area contributed by atoms with E-state index in [0.29, 0.717) is 19.4 Å². The molecule has 0 saturated heterocycles. The number of hydrogen-bond donors (Lipinski definition) is 1. The highest BCUT2D eigenvalue weighted by atomic mass is 16.5. The monoisotopic (exact) mass is 258 g/mol. The van der Waals surface area contributed by atoms with E-state index < -0.39 is 0 Å². The minimum Gasteiger partial charge on any atom is -0.489 e. The average molecular weight is 258 g/mol. The molecular formula is C13H14N4O2. The van der Waals surface area contributed by atoms with Crippen LogP contribution in [0.5, 0.6) is 5.75 Å². The van der Waals surface area contributed by atoms with Crippen molar-refractivity contribution in [1.82, 2.24) is 0 Å². The lowest BCUT2D eigenvalue weighted by atomic mass is 9.94. The molecule has 19 heavy (non-hydrogen) atoms. The van der Waals surface area contributed by atoms with Gasteiger partial charge in [0, 0.05) is 23.3 Å². The number of ether oxygens (including phenoxy) is 1. The second-order valence-corrected chi connectivity index (χ2v) is 4.94. The zero-order chi connectivity index (χ0) is 13.4. The molecule has 2 heterocycles. The Balaban J connectivity index is 1.97. The highest BCUT2D eigenvalue weighted by molar-refractivity contribution is 5.95. The Bertz CT molecular complexity index is 605. The van der Waals surface area contributed by atoms with Crippen LogP contribution >= 0.6 is 0 Å². The third-order valence-electron chi connectivity index (χ3n) is 3.60. The van der Waals surface area contributed by atoms with Crippen molar-refractivity contribution in [2.45, 2.75) is 32.3 Å². The van der Waals surface area contributed by atoms with E-state index in [1.54, 1.807) is 0 Å². The predicted molar refractivity (Wildman–Crippen MR) is 70.3 cm³/mol. The minimum absolute atomic E-state index is 0.0548. The number of amides is 1. The molecule has 0 aromatic heterocycles. The molecule has 1 aromatic rings. The molecule has 98 valence electrons. The smallest absolute Gasteiger partial charge is 0.224 e. The maximum absolute atomic E-state index is 11.5. The van der Waals surface area contributed by atoms with Crippen molar-refractivity contribution in [2.75, 3.05) is 11.9 Å². The SMILES string of the molecule is Cc1cc2c(c3c1NC(=O)CC3)OC(CN=[N+]=[N-])C2. The van der Waals surface area contributed by atoms with Gasteiger partial charge in [0.05, 0.1) is 12.2 Å². The number of azide groups is 1. The fourth-order valence-electron chi connectivity index (χ4n) is 2.78. The fraction of sp³-hybridized carbons (Fsp3) is 0.462. The van der Waals surface area contributed by atoms with Gasteiger partial charge in [0.25, 0.3) is 0 Å². The van der Waals surface area contributed by atoms with E-state index in [-0.39, 0.29) is 12.0 Å². The first-order chi connectivity index (χ1) is 9.19. The number of anilines is 1. The van der Waals surface area contributed by atoms with Crippen LogP contribution in [0.1, 0.15) is 23.1 Å². The van der Waals surface area contributed by atoms with E-state index in [1.807, 2.05) is 6.92 Å². The van der Waals surface area contributed by atoms with Gasteiger partial charge in [-0.3, -0.25) is 4.79 Å². The molecule has 1 unspecified atom stereocenters. The third-order valence-corrected chi connectivity index (χ3v) is 3.60. The summed E-state index contributed by atoms with van der Waals surface area (Å²) in [6, 6.07) is 2.05. The molecule has 0 saturated carbocycles. The molecule has 2 aliphatic rings. The lowest BCUT2D eigenvalue weighted by Gasteiger charge is -2.21. The van der Waals surface area contributed by atoms with Crippen molar-refractivity contribution in [3.05, 3.63) is 33.2 Å². The molecule has 0 aliphatic carbocycles. The zero-order valence-electron chi connectivity index (χ0n) is 10.6. The topological polar surface area (TPSA) is 87.1 Å². The molecule has 6 heteroatoms. The van der Waals surface area contributed by atoms with Crippen LogP contribution in [0.3, 0.4) is 0 Å². The number of benzene rings is 1. The molecule has 6 nitrogen and oxygen atoms in total. The summed E-state index contributed by atoms with van der Waals surface area (Å²) in [4.78, 5) is 14.2. The zero-order valence-corrected chi connectivity index (χ0v) is 10.6. The Hall–Kier alpha value is -2.20. The molecular weight excluding hydrogens is 244 g/mol. The van der Waals surface area contributed by atoms with Crippen molar-refractivity contribution < 1.29 is 9.53 Å². The minimum atomic E-state index is -0.0885. The van der Waals surface area contributed by atoms with Crippen LogP contribution in [0.25, 0.3) is 10.4 Å². The molecule has 0 bridgehead atoms. The normalized spacial score (nSPS) is 19.8. The van der Waals surface area contributed by atoms with Gasteiger partial charge in [0.1, 0.15) is 11.9 Å². The summed E-state index contributed by atoms with van der Waals surface area (Å²) in [5.74, 6) is 0.929. The van der Waals surface area contributed by atoms with Gasteiger partial charge >= 0.3 is 0 Å². The average Bonchev–Trinajstić information content (AvgIpc) is 2.79. The molecule has 1 atom stereocenters. The van der Waals surface area contributed by atoms with Gasteiger partial charge in [-0.2, -0.15) is 0 Å². The summed E-state index contributed by atoms with van der Waals surface area (Å²) >= 11 is 0. The van der Waals surface area contributed by atoms with Gasteiger partial charge in [-0.05, 0) is 30.0 Å². The molecule has 1 amide bonds. The van der Waals surface area contributed by atoms with Crippen molar-refractivity contribution in [1.29, 1.82) is 0 Å². The summed E-state index contributed by atoms with van der Waals surface area (Å²) in [5, 5.41) is 6.48. The molecule has 1 N–H and O–H groups in total. The Morgan fingerprint density at radius 3 is 3.21 bits per heavy atom. The molecule has 0 radical (unpaired) electrons. The van der Waals surface area contributed by atoms with Crippen molar-refractivity contribution in [3.8, 4) is 5.75 Å². The van der Waals surface area contributed by atoms with E-state index in [1.165, 1.54) is 0 Å². The summed E-state index contributed by atoms with van der Waals surface area (Å²) in [7, 11) is 0. The van der Waals surface area contributed by atoms with E-state index in [0.717, 1.165) is 34.5 Å². The number of carbonyl (C=O) groups excluding carboxylic acids is 1. The second-order valence-electron chi connectivity index (χ2n) is 4.94. The first kappa shape index (κ1) is 11.9. The standard InChI is InChI=1S/C13H14N4O2/c1-7-4-8-5-9(6-15-17-14)19-13(8)10-2-3-11(18)16-12(7)10/h4,9H,2-3,5-6H2,1H3,(H,16,18). The van der Waals surface area contributed by atoms with Crippen LogP contribution in [0.2, 0.25) is 0 Å². The summed E-state index contributed by atoms with van der Waals surface area (Å²) in [6.07, 6.45) is 1.87. The third kappa shape index (κ3) is 2.00. The number of aryl methyl sites for hydroxylation is 1. The second kappa shape index (κ2) is 4.48. The van der Waals surface area contributed by atoms with E-state index in [9.17, 15) is 4.79 Å². The van der Waals surface area contributed by atoms with Crippen molar-refractivity contribution in [3.63, 3.8) is 0 Å². The number of fused-ring (bicyclic) bond motifs is 3. The Morgan fingerprint density at radius 2 is 2.42 bits per heavy atom. The summed E-state index contributed by atoms with van der Waals surface area (Å²) in [5.41, 5.74) is 12.5. The maximum Gasteiger partial charge on any atom is 0.224 e. The van der Waals surface area contributed by atoms with Gasteiger partial charge in [0.15, 0.2) is 0 Å². The van der Waals surface area contributed by atoms with Crippen LogP contribution in [0.4, 0.5) is 5.69 Å². The quantitative estimate of drug-likeness (QED) is 0.502. The molecule has 3 rings (SSSR count). The largest absolute Gasteiger partial charge is 0.489 e. The fourth-order valence-corrected chi connectivity index (χ4v) is 2.78. The Kier molecular flexibility index (Phi) is 2.80. The first-order valence-corrected chi connectivity index (χ1v) is 6.31. The number of nitrogens with zero attached hydrogens (tertiary/aromatic N) is 3. The Labute approximate surface area is 110 Å². The highest BCUT2D eigenvalue weighted by Gasteiger charge is 2.30. The molecule has 0 spiro atoms. The predicted octanol–water partition coefficient (Wildman–Crippen LogP) is 2.49. The summed E-state index contributed by atoms with van der Waals surface area (Å²) in [6.45, 7) is 2.33. The lowest BCUT2D eigenvalue weighted by Crippen LogP contribution is -2.21. The number of nitrogens with one attached hydrogen (secondary N) is 1.